The number of aromatic nitrogens is 2. The van der Waals surface area contributed by atoms with Crippen LogP contribution in [0.2, 0.25) is 0 Å². The van der Waals surface area contributed by atoms with Crippen molar-refractivity contribution in [3.05, 3.63) is 52.8 Å². The minimum absolute atomic E-state index is 0.747. The van der Waals surface area contributed by atoms with Crippen molar-refractivity contribution in [2.45, 2.75) is 64.7 Å². The molecule has 5 heteroatoms. The molecular weight excluding hydrogens is 370 g/mol. The first kappa shape index (κ1) is 19.8. The van der Waals surface area contributed by atoms with Crippen LogP contribution in [0.15, 0.2) is 30.3 Å². The van der Waals surface area contributed by atoms with Gasteiger partial charge in [-0.05, 0) is 61.4 Å². The van der Waals surface area contributed by atoms with E-state index in [0.29, 0.717) is 0 Å². The highest BCUT2D eigenvalue weighted by atomic mass is 15.3. The van der Waals surface area contributed by atoms with Crippen molar-refractivity contribution in [1.82, 2.24) is 19.6 Å². The number of fused-ring (bicyclic) bond motifs is 2. The molecule has 1 saturated carbocycles. The van der Waals surface area contributed by atoms with Crippen molar-refractivity contribution in [3.63, 3.8) is 0 Å². The molecule has 5 rings (SSSR count). The summed E-state index contributed by atoms with van der Waals surface area (Å²) < 4.78 is 2.24. The van der Waals surface area contributed by atoms with Crippen LogP contribution in [0, 0.1) is 23.2 Å². The predicted molar refractivity (Wildman–Crippen MR) is 117 cm³/mol. The van der Waals surface area contributed by atoms with Gasteiger partial charge in [-0.15, -0.1) is 0 Å². The Morgan fingerprint density at radius 3 is 2.73 bits per heavy atom. The van der Waals surface area contributed by atoms with Crippen molar-refractivity contribution in [1.29, 1.82) is 5.26 Å². The van der Waals surface area contributed by atoms with Crippen LogP contribution < -0.4 is 0 Å². The average Bonchev–Trinajstić information content (AvgIpc) is 3.04. The summed E-state index contributed by atoms with van der Waals surface area (Å²) in [5, 5.41) is 14.1. The van der Waals surface area contributed by atoms with Crippen LogP contribution in [0.4, 0.5) is 0 Å². The maximum atomic E-state index is 9.17. The fourth-order valence-corrected chi connectivity index (χ4v) is 5.85. The third kappa shape index (κ3) is 4.45. The number of piperidine rings is 1. The van der Waals surface area contributed by atoms with Crippen molar-refractivity contribution in [2.75, 3.05) is 19.6 Å². The normalized spacial score (nSPS) is 25.2. The second-order valence-corrected chi connectivity index (χ2v) is 9.55. The summed E-state index contributed by atoms with van der Waals surface area (Å²) in [6, 6.07) is 12.6. The van der Waals surface area contributed by atoms with E-state index < -0.39 is 0 Å². The number of hydrogen-bond acceptors (Lipinski definition) is 4. The van der Waals surface area contributed by atoms with E-state index in [1.807, 2.05) is 18.2 Å². The Kier molecular flexibility index (Phi) is 5.88. The Bertz CT molecular complexity index is 911. The zero-order valence-electron chi connectivity index (χ0n) is 18.0. The SMILES string of the molecule is N#Cc1cccc(CN2CCCn3nc(CN4CC[C@@H]5CCCC[C@H]5C4)cc3C2)c1. The summed E-state index contributed by atoms with van der Waals surface area (Å²) in [5.41, 5.74) is 4.55. The van der Waals surface area contributed by atoms with Gasteiger partial charge in [0.05, 0.1) is 23.0 Å². The van der Waals surface area contributed by atoms with Crippen LogP contribution in [0.1, 0.15) is 61.0 Å². The van der Waals surface area contributed by atoms with Crippen LogP contribution in [-0.4, -0.2) is 39.2 Å². The van der Waals surface area contributed by atoms with E-state index in [2.05, 4.69) is 32.7 Å². The number of benzene rings is 1. The second kappa shape index (κ2) is 8.91. The lowest BCUT2D eigenvalue weighted by molar-refractivity contribution is 0.0811. The van der Waals surface area contributed by atoms with Gasteiger partial charge in [0.15, 0.2) is 0 Å². The van der Waals surface area contributed by atoms with E-state index in [4.69, 9.17) is 10.4 Å². The molecule has 1 aromatic carbocycles. The quantitative estimate of drug-likeness (QED) is 0.769. The van der Waals surface area contributed by atoms with Gasteiger partial charge in [-0.3, -0.25) is 14.5 Å². The van der Waals surface area contributed by atoms with E-state index in [-0.39, 0.29) is 0 Å². The number of nitrogens with zero attached hydrogens (tertiary/aromatic N) is 5. The number of nitriles is 1. The molecular formula is C25H33N5. The molecule has 2 atom stereocenters. The first-order valence-electron chi connectivity index (χ1n) is 11.8. The molecule has 1 saturated heterocycles. The number of hydrogen-bond donors (Lipinski definition) is 0. The minimum atomic E-state index is 0.747. The summed E-state index contributed by atoms with van der Waals surface area (Å²) in [6.07, 6.45) is 8.29. The van der Waals surface area contributed by atoms with E-state index >= 15 is 0 Å². The molecule has 30 heavy (non-hydrogen) atoms. The van der Waals surface area contributed by atoms with Crippen molar-refractivity contribution < 1.29 is 0 Å². The second-order valence-electron chi connectivity index (χ2n) is 9.55. The van der Waals surface area contributed by atoms with Gasteiger partial charge in [0.2, 0.25) is 0 Å². The maximum absolute atomic E-state index is 9.17. The van der Waals surface area contributed by atoms with Crippen LogP contribution in [-0.2, 0) is 26.2 Å². The van der Waals surface area contributed by atoms with E-state index in [0.717, 1.165) is 56.5 Å². The van der Waals surface area contributed by atoms with Crippen molar-refractivity contribution in [3.8, 4) is 6.07 Å². The molecule has 2 aliphatic heterocycles. The van der Waals surface area contributed by atoms with Crippen molar-refractivity contribution in [2.24, 2.45) is 11.8 Å². The third-order valence-electron chi connectivity index (χ3n) is 7.37. The monoisotopic (exact) mass is 403 g/mol. The fourth-order valence-electron chi connectivity index (χ4n) is 5.85. The standard InChI is InChI=1S/C25H33N5/c26-15-20-5-3-6-21(13-20)16-28-10-4-11-30-25(19-28)14-24(27-30)18-29-12-9-22-7-1-2-8-23(22)17-29/h3,5-6,13-14,22-23H,1-2,4,7-12,16-19H2/t22-,23-/m0/s1. The Balaban J connectivity index is 1.22. The van der Waals surface area contributed by atoms with Gasteiger partial charge >= 0.3 is 0 Å². The zero-order valence-corrected chi connectivity index (χ0v) is 18.0. The molecule has 3 aliphatic rings. The number of rotatable bonds is 4. The Morgan fingerprint density at radius 2 is 1.83 bits per heavy atom. The smallest absolute Gasteiger partial charge is 0.0991 e. The van der Waals surface area contributed by atoms with Gasteiger partial charge in [0.1, 0.15) is 0 Å². The Labute approximate surface area is 180 Å². The maximum Gasteiger partial charge on any atom is 0.0991 e. The topological polar surface area (TPSA) is 48.1 Å². The fraction of sp³-hybridized carbons (Fsp3) is 0.600. The zero-order chi connectivity index (χ0) is 20.3. The molecule has 2 fully saturated rings. The molecule has 0 spiro atoms. The molecule has 0 bridgehead atoms. The first-order valence-corrected chi connectivity index (χ1v) is 11.8. The van der Waals surface area contributed by atoms with Crippen LogP contribution in [0.25, 0.3) is 0 Å². The van der Waals surface area contributed by atoms with Gasteiger partial charge < -0.3 is 0 Å². The van der Waals surface area contributed by atoms with Gasteiger partial charge in [0, 0.05) is 39.3 Å². The Hall–Kier alpha value is -2.16. The van der Waals surface area contributed by atoms with Crippen LogP contribution >= 0.6 is 0 Å². The highest BCUT2D eigenvalue weighted by Crippen LogP contribution is 2.36. The third-order valence-corrected chi connectivity index (χ3v) is 7.37. The summed E-state index contributed by atoms with van der Waals surface area (Å²) in [6.45, 7) is 7.44. The highest BCUT2D eigenvalue weighted by Gasteiger charge is 2.31. The molecule has 1 aromatic heterocycles. The highest BCUT2D eigenvalue weighted by molar-refractivity contribution is 5.32. The molecule has 0 radical (unpaired) electrons. The van der Waals surface area contributed by atoms with Gasteiger partial charge in [-0.1, -0.05) is 31.4 Å². The van der Waals surface area contributed by atoms with Crippen LogP contribution in [0.3, 0.4) is 0 Å². The average molecular weight is 404 g/mol. The van der Waals surface area contributed by atoms with E-state index in [1.54, 1.807) is 0 Å². The molecule has 158 valence electrons. The summed E-state index contributed by atoms with van der Waals surface area (Å²) in [5.74, 6) is 1.91. The molecule has 0 unspecified atom stereocenters. The van der Waals surface area contributed by atoms with Crippen molar-refractivity contribution >= 4 is 0 Å². The molecule has 5 nitrogen and oxygen atoms in total. The Morgan fingerprint density at radius 1 is 0.933 bits per heavy atom. The number of likely N-dealkylation sites (tertiary alicyclic amines) is 1. The molecule has 3 heterocycles. The summed E-state index contributed by atoms with van der Waals surface area (Å²) in [4.78, 5) is 5.15. The van der Waals surface area contributed by atoms with E-state index in [9.17, 15) is 0 Å². The lowest BCUT2D eigenvalue weighted by Crippen LogP contribution is -2.41. The van der Waals surface area contributed by atoms with Gasteiger partial charge in [-0.2, -0.15) is 10.4 Å². The minimum Gasteiger partial charge on any atom is -0.297 e. The van der Waals surface area contributed by atoms with Crippen LogP contribution in [0.5, 0.6) is 0 Å². The largest absolute Gasteiger partial charge is 0.297 e. The predicted octanol–water partition coefficient (Wildman–Crippen LogP) is 4.17. The molecule has 2 aromatic rings. The lowest BCUT2D eigenvalue weighted by Gasteiger charge is -2.41. The van der Waals surface area contributed by atoms with E-state index in [1.165, 1.54) is 62.1 Å². The summed E-state index contributed by atoms with van der Waals surface area (Å²) in [7, 11) is 0. The molecule has 1 aliphatic carbocycles. The molecule has 0 amide bonds. The lowest BCUT2D eigenvalue weighted by atomic mass is 9.75. The van der Waals surface area contributed by atoms with Gasteiger partial charge in [-0.25, -0.2) is 0 Å². The molecule has 0 N–H and O–H groups in total. The summed E-state index contributed by atoms with van der Waals surface area (Å²) >= 11 is 0. The van der Waals surface area contributed by atoms with Gasteiger partial charge in [0.25, 0.3) is 0 Å². The number of aryl methyl sites for hydroxylation is 1. The first-order chi connectivity index (χ1) is 14.8.